The number of hydrogen-bond donors (Lipinski definition) is 1. The number of hydrogen-bond acceptors (Lipinski definition) is 5. The SMILES string of the molecule is O=C(CN1CCN(CCOc2ccccc2)CC1)Nc1cccnc1Cl. The van der Waals surface area contributed by atoms with E-state index in [1.54, 1.807) is 18.3 Å². The molecule has 6 nitrogen and oxygen atoms in total. The van der Waals surface area contributed by atoms with Crippen molar-refractivity contribution in [3.63, 3.8) is 0 Å². The molecule has 2 heterocycles. The number of para-hydroxylation sites is 1. The van der Waals surface area contributed by atoms with E-state index < -0.39 is 0 Å². The average molecular weight is 375 g/mol. The Balaban J connectivity index is 1.34. The van der Waals surface area contributed by atoms with Gasteiger partial charge in [0.15, 0.2) is 5.15 Å². The van der Waals surface area contributed by atoms with Crippen molar-refractivity contribution in [1.82, 2.24) is 14.8 Å². The fourth-order valence-corrected chi connectivity index (χ4v) is 3.02. The molecule has 1 fully saturated rings. The fraction of sp³-hybridized carbons (Fsp3) is 0.368. The van der Waals surface area contributed by atoms with Crippen LogP contribution < -0.4 is 10.1 Å². The predicted octanol–water partition coefficient (Wildman–Crippen LogP) is 2.37. The summed E-state index contributed by atoms with van der Waals surface area (Å²) in [5.41, 5.74) is 0.552. The number of anilines is 1. The number of carbonyl (C=O) groups excluding carboxylic acids is 1. The van der Waals surface area contributed by atoms with E-state index in [4.69, 9.17) is 16.3 Å². The number of rotatable bonds is 7. The van der Waals surface area contributed by atoms with Crippen LogP contribution in [0.3, 0.4) is 0 Å². The summed E-state index contributed by atoms with van der Waals surface area (Å²) < 4.78 is 5.74. The molecule has 0 spiro atoms. The van der Waals surface area contributed by atoms with Crippen LogP contribution in [0.1, 0.15) is 0 Å². The Morgan fingerprint density at radius 1 is 1.08 bits per heavy atom. The van der Waals surface area contributed by atoms with Crippen molar-refractivity contribution < 1.29 is 9.53 Å². The number of benzene rings is 1. The molecule has 1 aromatic carbocycles. The molecule has 1 amide bonds. The van der Waals surface area contributed by atoms with Crippen LogP contribution >= 0.6 is 11.6 Å². The Labute approximate surface area is 158 Å². The Morgan fingerprint density at radius 3 is 2.54 bits per heavy atom. The van der Waals surface area contributed by atoms with Crippen LogP contribution in [0.4, 0.5) is 5.69 Å². The van der Waals surface area contributed by atoms with Gasteiger partial charge in [-0.1, -0.05) is 29.8 Å². The predicted molar refractivity (Wildman–Crippen MR) is 103 cm³/mol. The molecular formula is C19H23ClN4O2. The van der Waals surface area contributed by atoms with E-state index in [1.807, 2.05) is 30.3 Å². The maximum atomic E-state index is 12.2. The average Bonchev–Trinajstić information content (AvgIpc) is 2.66. The highest BCUT2D eigenvalue weighted by molar-refractivity contribution is 6.32. The lowest BCUT2D eigenvalue weighted by atomic mass is 10.3. The summed E-state index contributed by atoms with van der Waals surface area (Å²) in [5.74, 6) is 0.831. The first-order valence-corrected chi connectivity index (χ1v) is 9.11. The highest BCUT2D eigenvalue weighted by Gasteiger charge is 2.19. The number of piperazine rings is 1. The first-order chi connectivity index (χ1) is 12.7. The molecule has 7 heteroatoms. The Morgan fingerprint density at radius 2 is 1.81 bits per heavy atom. The van der Waals surface area contributed by atoms with Crippen molar-refractivity contribution in [3.8, 4) is 5.75 Å². The molecule has 1 N–H and O–H groups in total. The molecule has 1 aromatic heterocycles. The second-order valence-corrected chi connectivity index (χ2v) is 6.53. The van der Waals surface area contributed by atoms with Gasteiger partial charge in [0, 0.05) is 38.9 Å². The molecule has 138 valence electrons. The van der Waals surface area contributed by atoms with E-state index in [0.29, 0.717) is 24.0 Å². The molecule has 26 heavy (non-hydrogen) atoms. The first kappa shape index (κ1) is 18.6. The molecule has 0 aliphatic carbocycles. The van der Waals surface area contributed by atoms with Gasteiger partial charge in [-0.2, -0.15) is 0 Å². The summed E-state index contributed by atoms with van der Waals surface area (Å²) in [6, 6.07) is 13.3. The number of amides is 1. The molecule has 0 atom stereocenters. The van der Waals surface area contributed by atoms with Crippen molar-refractivity contribution in [2.45, 2.75) is 0 Å². The van der Waals surface area contributed by atoms with Gasteiger partial charge in [-0.3, -0.25) is 14.6 Å². The third-order valence-electron chi connectivity index (χ3n) is 4.28. The van der Waals surface area contributed by atoms with Crippen molar-refractivity contribution >= 4 is 23.2 Å². The van der Waals surface area contributed by atoms with Gasteiger partial charge < -0.3 is 10.1 Å². The van der Waals surface area contributed by atoms with Crippen LogP contribution in [0.15, 0.2) is 48.7 Å². The van der Waals surface area contributed by atoms with E-state index in [9.17, 15) is 4.79 Å². The van der Waals surface area contributed by atoms with Crippen molar-refractivity contribution in [2.75, 3.05) is 51.2 Å². The topological polar surface area (TPSA) is 57.7 Å². The van der Waals surface area contributed by atoms with Gasteiger partial charge >= 0.3 is 0 Å². The third kappa shape index (κ3) is 5.69. The molecular weight excluding hydrogens is 352 g/mol. The van der Waals surface area contributed by atoms with E-state index >= 15 is 0 Å². The first-order valence-electron chi connectivity index (χ1n) is 8.73. The lowest BCUT2D eigenvalue weighted by molar-refractivity contribution is -0.117. The summed E-state index contributed by atoms with van der Waals surface area (Å²) in [4.78, 5) is 20.6. The molecule has 0 radical (unpaired) electrons. The number of halogens is 1. The highest BCUT2D eigenvalue weighted by Crippen LogP contribution is 2.17. The van der Waals surface area contributed by atoms with Gasteiger partial charge in [-0.25, -0.2) is 4.98 Å². The normalized spacial score (nSPS) is 15.6. The minimum Gasteiger partial charge on any atom is -0.492 e. The van der Waals surface area contributed by atoms with Crippen LogP contribution in [0, 0.1) is 0 Å². The van der Waals surface area contributed by atoms with Crippen LogP contribution in [0.25, 0.3) is 0 Å². The Bertz CT molecular complexity index is 706. The second-order valence-electron chi connectivity index (χ2n) is 6.17. The van der Waals surface area contributed by atoms with Crippen molar-refractivity contribution in [2.24, 2.45) is 0 Å². The molecule has 1 aliphatic heterocycles. The second kappa shape index (κ2) is 9.52. The zero-order valence-electron chi connectivity index (χ0n) is 14.6. The summed E-state index contributed by atoms with van der Waals surface area (Å²) in [6.45, 7) is 5.50. The third-order valence-corrected chi connectivity index (χ3v) is 4.59. The molecule has 0 unspecified atom stereocenters. The van der Waals surface area contributed by atoms with Crippen molar-refractivity contribution in [3.05, 3.63) is 53.8 Å². The van der Waals surface area contributed by atoms with E-state index in [1.165, 1.54) is 0 Å². The monoisotopic (exact) mass is 374 g/mol. The van der Waals surface area contributed by atoms with Crippen LogP contribution in [-0.2, 0) is 4.79 Å². The molecule has 0 saturated carbocycles. The van der Waals surface area contributed by atoms with Gasteiger partial charge in [0.2, 0.25) is 5.91 Å². The quantitative estimate of drug-likeness (QED) is 0.754. The van der Waals surface area contributed by atoms with Crippen LogP contribution in [0.5, 0.6) is 5.75 Å². The molecule has 1 aliphatic rings. The van der Waals surface area contributed by atoms with Gasteiger partial charge in [-0.15, -0.1) is 0 Å². The lowest BCUT2D eigenvalue weighted by Gasteiger charge is -2.34. The number of aromatic nitrogens is 1. The summed E-state index contributed by atoms with van der Waals surface area (Å²) in [5, 5.41) is 3.12. The molecule has 1 saturated heterocycles. The molecule has 0 bridgehead atoms. The summed E-state index contributed by atoms with van der Waals surface area (Å²) in [7, 11) is 0. The lowest BCUT2D eigenvalue weighted by Crippen LogP contribution is -2.49. The van der Waals surface area contributed by atoms with E-state index in [0.717, 1.165) is 38.5 Å². The van der Waals surface area contributed by atoms with E-state index in [-0.39, 0.29) is 5.91 Å². The number of pyridine rings is 1. The zero-order valence-corrected chi connectivity index (χ0v) is 15.4. The Hall–Kier alpha value is -2.15. The largest absolute Gasteiger partial charge is 0.492 e. The standard InChI is InChI=1S/C19H23ClN4O2/c20-19-17(7-4-8-21-19)22-18(25)15-24-11-9-23(10-12-24)13-14-26-16-5-2-1-3-6-16/h1-8H,9-15H2,(H,22,25). The highest BCUT2D eigenvalue weighted by atomic mass is 35.5. The maximum absolute atomic E-state index is 12.2. The zero-order chi connectivity index (χ0) is 18.2. The number of nitrogens with one attached hydrogen (secondary N) is 1. The maximum Gasteiger partial charge on any atom is 0.238 e. The van der Waals surface area contributed by atoms with Gasteiger partial charge in [0.25, 0.3) is 0 Å². The van der Waals surface area contributed by atoms with Gasteiger partial charge in [0.1, 0.15) is 12.4 Å². The summed E-state index contributed by atoms with van der Waals surface area (Å²) >= 11 is 5.97. The van der Waals surface area contributed by atoms with Crippen LogP contribution in [-0.4, -0.2) is 66.6 Å². The number of nitrogens with zero attached hydrogens (tertiary/aromatic N) is 3. The minimum absolute atomic E-state index is 0.0687. The fourth-order valence-electron chi connectivity index (χ4n) is 2.85. The minimum atomic E-state index is -0.0687. The molecule has 3 rings (SSSR count). The number of ether oxygens (including phenoxy) is 1. The number of carbonyl (C=O) groups is 1. The van der Waals surface area contributed by atoms with Crippen molar-refractivity contribution in [1.29, 1.82) is 0 Å². The Kier molecular flexibility index (Phi) is 6.82. The van der Waals surface area contributed by atoms with Gasteiger partial charge in [0.05, 0.1) is 12.2 Å². The van der Waals surface area contributed by atoms with Crippen LogP contribution in [0.2, 0.25) is 5.15 Å². The molecule has 2 aromatic rings. The van der Waals surface area contributed by atoms with Gasteiger partial charge in [-0.05, 0) is 24.3 Å². The summed E-state index contributed by atoms with van der Waals surface area (Å²) in [6.07, 6.45) is 1.60. The smallest absolute Gasteiger partial charge is 0.238 e. The van der Waals surface area contributed by atoms with E-state index in [2.05, 4.69) is 20.1 Å².